The molecule has 2 aromatic rings. The van der Waals surface area contributed by atoms with Crippen molar-refractivity contribution in [3.63, 3.8) is 0 Å². The van der Waals surface area contributed by atoms with Gasteiger partial charge in [0.2, 0.25) is 10.0 Å². The molecule has 3 nitrogen and oxygen atoms in total. The Bertz CT molecular complexity index is 711. The maximum Gasteiger partial charge on any atom is 0.243 e. The minimum Gasteiger partial charge on any atom is -0.207 e. The number of hydrogen-bond donors (Lipinski definition) is 0. The molecule has 1 unspecified atom stereocenters. The van der Waals surface area contributed by atoms with Crippen LogP contribution in [0.15, 0.2) is 45.1 Å². The van der Waals surface area contributed by atoms with Crippen LogP contribution >= 0.6 is 27.3 Å². The molecule has 6 heteroatoms. The maximum absolute atomic E-state index is 12.8. The van der Waals surface area contributed by atoms with Crippen molar-refractivity contribution in [2.24, 2.45) is 0 Å². The SMILES string of the molecule is Cc1ccc(Br)cc1S(=O)(=O)N(C)C(C)Cc1cccs1. The van der Waals surface area contributed by atoms with Crippen molar-refractivity contribution in [1.82, 2.24) is 4.31 Å². The first kappa shape index (κ1) is 16.7. The summed E-state index contributed by atoms with van der Waals surface area (Å²) in [5, 5.41) is 2.01. The number of hydrogen-bond acceptors (Lipinski definition) is 3. The fourth-order valence-corrected chi connectivity index (χ4v) is 5.04. The largest absolute Gasteiger partial charge is 0.243 e. The summed E-state index contributed by atoms with van der Waals surface area (Å²) in [5.41, 5.74) is 0.758. The molecule has 0 fully saturated rings. The van der Waals surface area contributed by atoms with Crippen molar-refractivity contribution in [3.8, 4) is 0 Å². The second-order valence-electron chi connectivity index (χ2n) is 5.06. The summed E-state index contributed by atoms with van der Waals surface area (Å²) in [5.74, 6) is 0. The van der Waals surface area contributed by atoms with E-state index in [4.69, 9.17) is 0 Å². The van der Waals surface area contributed by atoms with E-state index in [0.717, 1.165) is 16.5 Å². The average molecular weight is 388 g/mol. The van der Waals surface area contributed by atoms with Crippen LogP contribution < -0.4 is 0 Å². The monoisotopic (exact) mass is 387 g/mol. The van der Waals surface area contributed by atoms with Gasteiger partial charge in [-0.3, -0.25) is 0 Å². The molecule has 0 saturated heterocycles. The minimum atomic E-state index is -3.49. The number of aryl methyl sites for hydroxylation is 1. The molecule has 21 heavy (non-hydrogen) atoms. The minimum absolute atomic E-state index is 0.0907. The predicted molar refractivity (Wildman–Crippen MR) is 91.3 cm³/mol. The Balaban J connectivity index is 2.27. The van der Waals surface area contributed by atoms with Gasteiger partial charge in [0.25, 0.3) is 0 Å². The molecule has 0 radical (unpaired) electrons. The van der Waals surface area contributed by atoms with Gasteiger partial charge in [-0.2, -0.15) is 4.31 Å². The standard InChI is InChI=1S/C15H18BrNO2S2/c1-11-6-7-13(16)10-15(11)21(18,19)17(3)12(2)9-14-5-4-8-20-14/h4-8,10,12H,9H2,1-3H3. The average Bonchev–Trinajstić information content (AvgIpc) is 2.93. The molecule has 1 atom stereocenters. The van der Waals surface area contributed by atoms with Crippen LogP contribution in [0.2, 0.25) is 0 Å². The summed E-state index contributed by atoms with van der Waals surface area (Å²) in [4.78, 5) is 1.55. The summed E-state index contributed by atoms with van der Waals surface area (Å²) in [6, 6.07) is 9.26. The van der Waals surface area contributed by atoms with E-state index in [1.807, 2.05) is 43.5 Å². The summed E-state index contributed by atoms with van der Waals surface area (Å²) in [7, 11) is -1.84. The molecular weight excluding hydrogens is 370 g/mol. The third kappa shape index (κ3) is 3.74. The number of sulfonamides is 1. The lowest BCUT2D eigenvalue weighted by atomic mass is 10.2. The first-order valence-electron chi connectivity index (χ1n) is 6.59. The number of likely N-dealkylation sites (N-methyl/N-ethyl adjacent to an activating group) is 1. The van der Waals surface area contributed by atoms with E-state index >= 15 is 0 Å². The lowest BCUT2D eigenvalue weighted by Gasteiger charge is -2.25. The van der Waals surface area contributed by atoms with Gasteiger partial charge >= 0.3 is 0 Å². The highest BCUT2D eigenvalue weighted by Gasteiger charge is 2.27. The highest BCUT2D eigenvalue weighted by Crippen LogP contribution is 2.25. The van der Waals surface area contributed by atoms with E-state index in [1.165, 1.54) is 9.18 Å². The first-order valence-corrected chi connectivity index (χ1v) is 9.70. The van der Waals surface area contributed by atoms with Crippen LogP contribution in [0.5, 0.6) is 0 Å². The highest BCUT2D eigenvalue weighted by molar-refractivity contribution is 9.10. The molecule has 0 spiro atoms. The Hall–Kier alpha value is -0.690. The smallest absolute Gasteiger partial charge is 0.207 e. The molecule has 2 rings (SSSR count). The number of benzene rings is 1. The molecule has 1 aromatic heterocycles. The molecule has 0 bridgehead atoms. The molecule has 0 saturated carbocycles. The van der Waals surface area contributed by atoms with E-state index in [-0.39, 0.29) is 6.04 Å². The van der Waals surface area contributed by atoms with Crippen LogP contribution in [0, 0.1) is 6.92 Å². The van der Waals surface area contributed by atoms with Gasteiger partial charge < -0.3 is 0 Å². The predicted octanol–water partition coefficient (Wildman–Crippen LogP) is 4.07. The number of halogens is 1. The molecule has 0 N–H and O–H groups in total. The van der Waals surface area contributed by atoms with E-state index in [2.05, 4.69) is 15.9 Å². The summed E-state index contributed by atoms with van der Waals surface area (Å²) >= 11 is 4.99. The maximum atomic E-state index is 12.8. The van der Waals surface area contributed by atoms with E-state index < -0.39 is 10.0 Å². The molecule has 0 aliphatic rings. The zero-order valence-corrected chi connectivity index (χ0v) is 15.4. The van der Waals surface area contributed by atoms with Crippen LogP contribution in [-0.4, -0.2) is 25.8 Å². The number of nitrogens with zero attached hydrogens (tertiary/aromatic N) is 1. The second-order valence-corrected chi connectivity index (χ2v) is 8.98. The van der Waals surface area contributed by atoms with Crippen molar-refractivity contribution >= 4 is 37.3 Å². The molecule has 0 aliphatic carbocycles. The quantitative estimate of drug-likeness (QED) is 0.774. The fraction of sp³-hybridized carbons (Fsp3) is 0.333. The van der Waals surface area contributed by atoms with Crippen LogP contribution in [0.25, 0.3) is 0 Å². The number of rotatable bonds is 5. The Morgan fingerprint density at radius 2 is 2.05 bits per heavy atom. The van der Waals surface area contributed by atoms with E-state index in [1.54, 1.807) is 24.5 Å². The van der Waals surface area contributed by atoms with Crippen LogP contribution in [0.1, 0.15) is 17.4 Å². The Kier molecular flexibility index (Phi) is 5.24. The Morgan fingerprint density at radius 3 is 2.67 bits per heavy atom. The van der Waals surface area contributed by atoms with Crippen LogP contribution in [-0.2, 0) is 16.4 Å². The number of thiophene rings is 1. The van der Waals surface area contributed by atoms with E-state index in [9.17, 15) is 8.42 Å². The van der Waals surface area contributed by atoms with Gasteiger partial charge in [0.05, 0.1) is 4.90 Å². The van der Waals surface area contributed by atoms with Crippen molar-refractivity contribution in [3.05, 3.63) is 50.6 Å². The lowest BCUT2D eigenvalue weighted by Crippen LogP contribution is -2.36. The van der Waals surface area contributed by atoms with Crippen molar-refractivity contribution in [2.45, 2.75) is 31.2 Å². The zero-order valence-electron chi connectivity index (χ0n) is 12.2. The summed E-state index contributed by atoms with van der Waals surface area (Å²) < 4.78 is 27.8. The summed E-state index contributed by atoms with van der Waals surface area (Å²) in [6.07, 6.45) is 0.723. The Morgan fingerprint density at radius 1 is 1.33 bits per heavy atom. The van der Waals surface area contributed by atoms with Crippen LogP contribution in [0.4, 0.5) is 0 Å². The topological polar surface area (TPSA) is 37.4 Å². The van der Waals surface area contributed by atoms with Crippen molar-refractivity contribution in [1.29, 1.82) is 0 Å². The molecular formula is C15H18BrNO2S2. The van der Waals surface area contributed by atoms with Gasteiger partial charge in [-0.05, 0) is 49.4 Å². The fourth-order valence-electron chi connectivity index (χ4n) is 2.09. The zero-order chi connectivity index (χ0) is 15.6. The van der Waals surface area contributed by atoms with Gasteiger partial charge in [0.15, 0.2) is 0 Å². The molecule has 0 aliphatic heterocycles. The first-order chi connectivity index (χ1) is 9.82. The highest BCUT2D eigenvalue weighted by atomic mass is 79.9. The van der Waals surface area contributed by atoms with Crippen molar-refractivity contribution in [2.75, 3.05) is 7.05 Å². The normalized spacial score (nSPS) is 13.6. The Labute approximate surface area is 138 Å². The van der Waals surface area contributed by atoms with Gasteiger partial charge in [0, 0.05) is 22.4 Å². The van der Waals surface area contributed by atoms with E-state index in [0.29, 0.717) is 4.90 Å². The third-order valence-corrected chi connectivity index (χ3v) is 7.01. The van der Waals surface area contributed by atoms with Gasteiger partial charge in [-0.1, -0.05) is 28.1 Å². The molecule has 0 amide bonds. The van der Waals surface area contributed by atoms with Gasteiger partial charge in [-0.25, -0.2) is 8.42 Å². The summed E-state index contributed by atoms with van der Waals surface area (Å²) in [6.45, 7) is 3.75. The molecule has 1 heterocycles. The van der Waals surface area contributed by atoms with Crippen LogP contribution in [0.3, 0.4) is 0 Å². The van der Waals surface area contributed by atoms with Gasteiger partial charge in [-0.15, -0.1) is 11.3 Å². The van der Waals surface area contributed by atoms with Gasteiger partial charge in [0.1, 0.15) is 0 Å². The third-order valence-electron chi connectivity index (χ3n) is 3.50. The molecule has 114 valence electrons. The molecule has 1 aromatic carbocycles. The lowest BCUT2D eigenvalue weighted by molar-refractivity contribution is 0.388. The van der Waals surface area contributed by atoms with Crippen molar-refractivity contribution < 1.29 is 8.42 Å². The second kappa shape index (κ2) is 6.60.